The molecule has 2 atom stereocenters. The maximum absolute atomic E-state index is 3.65. The molecular weight excluding hydrogens is 342 g/mol. The van der Waals surface area contributed by atoms with E-state index >= 15 is 0 Å². The number of halogens is 1. The summed E-state index contributed by atoms with van der Waals surface area (Å²) in [4.78, 5) is 1.32. The summed E-state index contributed by atoms with van der Waals surface area (Å²) in [6.07, 6.45) is 1.13. The van der Waals surface area contributed by atoms with Crippen molar-refractivity contribution in [2.45, 2.75) is 36.5 Å². The summed E-state index contributed by atoms with van der Waals surface area (Å²) in [7, 11) is 0. The smallest absolute Gasteiger partial charge is 0.0443 e. The molecule has 0 fully saturated rings. The Morgan fingerprint density at radius 1 is 1.00 bits per heavy atom. The Kier molecular flexibility index (Phi) is 6.81. The van der Waals surface area contributed by atoms with Crippen molar-refractivity contribution in [1.29, 1.82) is 0 Å². The first-order valence-electron chi connectivity index (χ1n) is 7.45. The van der Waals surface area contributed by atoms with E-state index in [2.05, 4.69) is 89.7 Å². The van der Waals surface area contributed by atoms with Crippen LogP contribution in [0.2, 0.25) is 0 Å². The third-order valence-corrected chi connectivity index (χ3v) is 5.44. The average molecular weight is 364 g/mol. The first-order valence-corrected chi connectivity index (χ1v) is 9.12. The molecule has 2 unspecified atom stereocenters. The summed E-state index contributed by atoms with van der Waals surface area (Å²) in [5.74, 6) is 0. The highest BCUT2D eigenvalue weighted by molar-refractivity contribution is 9.10. The molecule has 0 heterocycles. The number of thioether (sulfide) groups is 1. The van der Waals surface area contributed by atoms with Gasteiger partial charge in [-0.25, -0.2) is 0 Å². The largest absolute Gasteiger partial charge is 0.309 e. The molecular formula is C18H22BrNS. The van der Waals surface area contributed by atoms with Crippen molar-refractivity contribution in [2.24, 2.45) is 0 Å². The van der Waals surface area contributed by atoms with Gasteiger partial charge in [-0.2, -0.15) is 0 Å². The fourth-order valence-electron chi connectivity index (χ4n) is 2.42. The first kappa shape index (κ1) is 16.6. The highest BCUT2D eigenvalue weighted by Crippen LogP contribution is 2.34. The molecule has 0 radical (unpaired) electrons. The maximum atomic E-state index is 3.65. The third kappa shape index (κ3) is 4.87. The lowest BCUT2D eigenvalue weighted by atomic mass is 10.0. The molecule has 0 aliphatic heterocycles. The van der Waals surface area contributed by atoms with Gasteiger partial charge in [-0.1, -0.05) is 60.1 Å². The van der Waals surface area contributed by atoms with Crippen LogP contribution in [0.4, 0.5) is 0 Å². The van der Waals surface area contributed by atoms with Crippen molar-refractivity contribution in [2.75, 3.05) is 6.54 Å². The van der Waals surface area contributed by atoms with E-state index in [0.29, 0.717) is 11.3 Å². The summed E-state index contributed by atoms with van der Waals surface area (Å²) in [6, 6.07) is 19.7. The zero-order chi connectivity index (χ0) is 15.1. The molecule has 112 valence electrons. The van der Waals surface area contributed by atoms with Crippen LogP contribution in [-0.2, 0) is 0 Å². The molecule has 0 aliphatic carbocycles. The molecule has 0 aliphatic rings. The third-order valence-electron chi connectivity index (χ3n) is 3.46. The Hall–Kier alpha value is -0.770. The molecule has 1 N–H and O–H groups in total. The van der Waals surface area contributed by atoms with Crippen molar-refractivity contribution in [1.82, 2.24) is 5.32 Å². The lowest BCUT2D eigenvalue weighted by Crippen LogP contribution is -2.29. The van der Waals surface area contributed by atoms with Gasteiger partial charge in [-0.05, 0) is 42.8 Å². The monoisotopic (exact) mass is 363 g/mol. The second kappa shape index (κ2) is 8.62. The van der Waals surface area contributed by atoms with E-state index in [4.69, 9.17) is 0 Å². The lowest BCUT2D eigenvalue weighted by molar-refractivity contribution is 0.521. The van der Waals surface area contributed by atoms with Crippen LogP contribution in [0.5, 0.6) is 0 Å². The molecule has 3 heteroatoms. The van der Waals surface area contributed by atoms with Gasteiger partial charge in [0, 0.05) is 20.7 Å². The summed E-state index contributed by atoms with van der Waals surface area (Å²) >= 11 is 5.45. The Labute approximate surface area is 140 Å². The van der Waals surface area contributed by atoms with E-state index in [-0.39, 0.29) is 0 Å². The van der Waals surface area contributed by atoms with Gasteiger partial charge in [0.25, 0.3) is 0 Å². The van der Waals surface area contributed by atoms with Crippen LogP contribution >= 0.6 is 27.7 Å². The zero-order valence-corrected chi connectivity index (χ0v) is 15.0. The van der Waals surface area contributed by atoms with Crippen LogP contribution < -0.4 is 5.32 Å². The summed E-state index contributed by atoms with van der Waals surface area (Å²) in [5.41, 5.74) is 1.37. The Balaban J connectivity index is 2.17. The lowest BCUT2D eigenvalue weighted by Gasteiger charge is -2.27. The highest BCUT2D eigenvalue weighted by Gasteiger charge is 2.21. The second-order valence-corrected chi connectivity index (χ2v) is 7.19. The molecule has 21 heavy (non-hydrogen) atoms. The Morgan fingerprint density at radius 2 is 1.67 bits per heavy atom. The van der Waals surface area contributed by atoms with Gasteiger partial charge >= 0.3 is 0 Å². The predicted molar refractivity (Wildman–Crippen MR) is 96.9 cm³/mol. The van der Waals surface area contributed by atoms with E-state index in [1.54, 1.807) is 0 Å². The second-order valence-electron chi connectivity index (χ2n) is 4.96. The molecule has 1 nitrogen and oxygen atoms in total. The standard InChI is InChI=1S/C18H22BrNS/c1-3-17(21-16-12-10-15(19)11-13-16)18(20-4-2)14-8-6-5-7-9-14/h5-13,17-18,20H,3-4H2,1-2H3. The minimum Gasteiger partial charge on any atom is -0.309 e. The van der Waals surface area contributed by atoms with Crippen molar-refractivity contribution < 1.29 is 0 Å². The SMILES string of the molecule is CCNC(c1ccccc1)C(CC)Sc1ccc(Br)cc1. The van der Waals surface area contributed by atoms with Crippen LogP contribution in [0, 0.1) is 0 Å². The van der Waals surface area contributed by atoms with Crippen molar-refractivity contribution in [3.05, 3.63) is 64.6 Å². The number of benzene rings is 2. The number of hydrogen-bond acceptors (Lipinski definition) is 2. The van der Waals surface area contributed by atoms with Gasteiger partial charge in [0.15, 0.2) is 0 Å². The average Bonchev–Trinajstić information content (AvgIpc) is 2.53. The minimum atomic E-state index is 0.384. The fourth-order valence-corrected chi connectivity index (χ4v) is 3.88. The van der Waals surface area contributed by atoms with Crippen LogP contribution in [0.1, 0.15) is 31.9 Å². The molecule has 2 aromatic rings. The Morgan fingerprint density at radius 3 is 2.24 bits per heavy atom. The molecule has 0 amide bonds. The molecule has 0 aromatic heterocycles. The Bertz CT molecular complexity index is 527. The van der Waals surface area contributed by atoms with Crippen LogP contribution in [0.25, 0.3) is 0 Å². The molecule has 2 aromatic carbocycles. The molecule has 0 bridgehead atoms. The summed E-state index contributed by atoms with van der Waals surface area (Å²) < 4.78 is 1.13. The predicted octanol–water partition coefficient (Wildman–Crippen LogP) is 5.67. The topological polar surface area (TPSA) is 12.0 Å². The molecule has 2 rings (SSSR count). The molecule has 0 spiro atoms. The first-order chi connectivity index (χ1) is 10.2. The van der Waals surface area contributed by atoms with E-state index in [0.717, 1.165) is 17.4 Å². The van der Waals surface area contributed by atoms with Crippen LogP contribution in [0.15, 0.2) is 64.0 Å². The van der Waals surface area contributed by atoms with Crippen molar-refractivity contribution in [3.63, 3.8) is 0 Å². The highest BCUT2D eigenvalue weighted by atomic mass is 79.9. The van der Waals surface area contributed by atoms with Gasteiger partial charge < -0.3 is 5.32 Å². The zero-order valence-electron chi connectivity index (χ0n) is 12.6. The van der Waals surface area contributed by atoms with Gasteiger partial charge in [0.2, 0.25) is 0 Å². The van der Waals surface area contributed by atoms with Crippen LogP contribution in [-0.4, -0.2) is 11.8 Å². The number of rotatable bonds is 7. The number of nitrogens with one attached hydrogen (secondary N) is 1. The van der Waals surface area contributed by atoms with E-state index in [9.17, 15) is 0 Å². The number of hydrogen-bond donors (Lipinski definition) is 1. The minimum absolute atomic E-state index is 0.384. The van der Waals surface area contributed by atoms with E-state index < -0.39 is 0 Å². The van der Waals surface area contributed by atoms with Crippen molar-refractivity contribution >= 4 is 27.7 Å². The van der Waals surface area contributed by atoms with E-state index in [1.807, 2.05) is 11.8 Å². The fraction of sp³-hybridized carbons (Fsp3) is 0.333. The summed E-state index contributed by atoms with van der Waals surface area (Å²) in [6.45, 7) is 5.42. The van der Waals surface area contributed by atoms with Gasteiger partial charge in [0.05, 0.1) is 0 Å². The molecule has 0 saturated carbocycles. The van der Waals surface area contributed by atoms with Gasteiger partial charge in [-0.15, -0.1) is 11.8 Å². The quantitative estimate of drug-likeness (QED) is 0.635. The molecule has 0 saturated heterocycles. The summed E-state index contributed by atoms with van der Waals surface area (Å²) in [5, 5.41) is 4.17. The van der Waals surface area contributed by atoms with Crippen molar-refractivity contribution in [3.8, 4) is 0 Å². The maximum Gasteiger partial charge on any atom is 0.0443 e. The van der Waals surface area contributed by atoms with Crippen LogP contribution in [0.3, 0.4) is 0 Å². The van der Waals surface area contributed by atoms with Gasteiger partial charge in [0.1, 0.15) is 0 Å². The van der Waals surface area contributed by atoms with E-state index in [1.165, 1.54) is 10.5 Å². The normalized spacial score (nSPS) is 13.9. The van der Waals surface area contributed by atoms with Gasteiger partial charge in [-0.3, -0.25) is 0 Å².